The maximum absolute atomic E-state index is 11.9. The van der Waals surface area contributed by atoms with Crippen LogP contribution in [0.5, 0.6) is 0 Å². The van der Waals surface area contributed by atoms with Crippen LogP contribution in [0.2, 0.25) is 0 Å². The first-order chi connectivity index (χ1) is 7.19. The van der Waals surface area contributed by atoms with E-state index in [1.54, 1.807) is 7.05 Å². The van der Waals surface area contributed by atoms with Crippen LogP contribution in [0.25, 0.3) is 0 Å². The Morgan fingerprint density at radius 2 is 1.81 bits per heavy atom. The number of thiocarbonyl (C=S) groups is 1. The SMILES string of the molecule is CC(C(N)=S)S(=O)(=O)N(C)CCCN(C)C. The molecule has 0 rings (SSSR count). The van der Waals surface area contributed by atoms with Crippen molar-refractivity contribution in [2.24, 2.45) is 5.73 Å². The normalized spacial score (nSPS) is 14.4. The van der Waals surface area contributed by atoms with Crippen molar-refractivity contribution in [1.29, 1.82) is 0 Å². The summed E-state index contributed by atoms with van der Waals surface area (Å²) in [4.78, 5) is 2.02. The van der Waals surface area contributed by atoms with E-state index in [0.717, 1.165) is 13.0 Å². The molecule has 5 nitrogen and oxygen atoms in total. The second-order valence-electron chi connectivity index (χ2n) is 4.07. The Morgan fingerprint density at radius 3 is 2.19 bits per heavy atom. The Balaban J connectivity index is 4.36. The Hall–Kier alpha value is -0.240. The number of hydrogen-bond donors (Lipinski definition) is 1. The molecule has 0 aliphatic rings. The molecule has 0 aromatic carbocycles. The van der Waals surface area contributed by atoms with Crippen LogP contribution < -0.4 is 5.73 Å². The average Bonchev–Trinajstić information content (AvgIpc) is 2.15. The van der Waals surface area contributed by atoms with E-state index >= 15 is 0 Å². The third kappa shape index (κ3) is 4.73. The van der Waals surface area contributed by atoms with Gasteiger partial charge < -0.3 is 10.6 Å². The third-order valence-corrected chi connectivity index (χ3v) is 5.06. The van der Waals surface area contributed by atoms with Crippen molar-refractivity contribution in [1.82, 2.24) is 9.21 Å². The number of rotatable bonds is 7. The summed E-state index contributed by atoms with van der Waals surface area (Å²) in [6.07, 6.45) is 0.785. The molecular weight excluding hydrogens is 246 g/mol. The molecule has 0 bridgehead atoms. The van der Waals surface area contributed by atoms with Gasteiger partial charge in [-0.3, -0.25) is 0 Å². The van der Waals surface area contributed by atoms with Crippen LogP contribution in [-0.2, 0) is 10.0 Å². The minimum atomic E-state index is -3.39. The largest absolute Gasteiger partial charge is 0.392 e. The summed E-state index contributed by atoms with van der Waals surface area (Å²) in [6, 6.07) is 0. The Kier molecular flexibility index (Phi) is 6.39. The highest BCUT2D eigenvalue weighted by molar-refractivity contribution is 7.92. The van der Waals surface area contributed by atoms with Gasteiger partial charge in [-0.25, -0.2) is 12.7 Å². The van der Waals surface area contributed by atoms with Crippen LogP contribution in [0.3, 0.4) is 0 Å². The first-order valence-electron chi connectivity index (χ1n) is 5.08. The van der Waals surface area contributed by atoms with Crippen molar-refractivity contribution in [2.45, 2.75) is 18.6 Å². The molecular formula is C9H21N3O2S2. The standard InChI is InChI=1S/C9H21N3O2S2/c1-8(9(10)15)16(13,14)12(4)7-5-6-11(2)3/h8H,5-7H2,1-4H3,(H2,10,15). The highest BCUT2D eigenvalue weighted by Crippen LogP contribution is 2.07. The minimum Gasteiger partial charge on any atom is -0.392 e. The quantitative estimate of drug-likeness (QED) is 0.651. The molecule has 0 saturated heterocycles. The third-order valence-electron chi connectivity index (χ3n) is 2.36. The van der Waals surface area contributed by atoms with E-state index in [1.807, 2.05) is 19.0 Å². The van der Waals surface area contributed by atoms with Gasteiger partial charge in [-0.05, 0) is 34.0 Å². The Morgan fingerprint density at radius 1 is 1.31 bits per heavy atom. The molecule has 0 saturated carbocycles. The summed E-state index contributed by atoms with van der Waals surface area (Å²) >= 11 is 4.70. The summed E-state index contributed by atoms with van der Waals surface area (Å²) in [5, 5.41) is -0.799. The predicted molar refractivity (Wildman–Crippen MR) is 71.0 cm³/mol. The van der Waals surface area contributed by atoms with Gasteiger partial charge in [-0.1, -0.05) is 12.2 Å². The maximum Gasteiger partial charge on any atom is 0.222 e. The van der Waals surface area contributed by atoms with Crippen molar-refractivity contribution in [3.05, 3.63) is 0 Å². The van der Waals surface area contributed by atoms with Gasteiger partial charge in [-0.15, -0.1) is 0 Å². The zero-order chi connectivity index (χ0) is 12.9. The lowest BCUT2D eigenvalue weighted by Gasteiger charge is -2.21. The Labute approximate surface area is 104 Å². The molecule has 0 aromatic rings. The average molecular weight is 267 g/mol. The molecule has 0 radical (unpaired) electrons. The molecule has 0 amide bonds. The van der Waals surface area contributed by atoms with E-state index in [0.29, 0.717) is 6.54 Å². The lowest BCUT2D eigenvalue weighted by Crippen LogP contribution is -2.41. The highest BCUT2D eigenvalue weighted by Gasteiger charge is 2.27. The van der Waals surface area contributed by atoms with Crippen LogP contribution in [0.4, 0.5) is 0 Å². The van der Waals surface area contributed by atoms with Gasteiger partial charge in [0.25, 0.3) is 0 Å². The second kappa shape index (κ2) is 6.48. The van der Waals surface area contributed by atoms with Crippen molar-refractivity contribution in [2.75, 3.05) is 34.2 Å². The van der Waals surface area contributed by atoms with Crippen LogP contribution in [0, 0.1) is 0 Å². The van der Waals surface area contributed by atoms with Crippen LogP contribution in [0.15, 0.2) is 0 Å². The molecule has 1 unspecified atom stereocenters. The van der Waals surface area contributed by atoms with Gasteiger partial charge in [-0.2, -0.15) is 0 Å². The fourth-order valence-electron chi connectivity index (χ4n) is 1.15. The summed E-state index contributed by atoms with van der Waals surface area (Å²) < 4.78 is 25.1. The molecule has 0 aliphatic carbocycles. The van der Waals surface area contributed by atoms with E-state index in [4.69, 9.17) is 18.0 Å². The van der Waals surface area contributed by atoms with Crippen molar-refractivity contribution >= 4 is 27.2 Å². The number of sulfonamides is 1. The van der Waals surface area contributed by atoms with E-state index in [-0.39, 0.29) is 4.99 Å². The molecule has 96 valence electrons. The Bertz CT molecular complexity index is 328. The van der Waals surface area contributed by atoms with Crippen molar-refractivity contribution in [3.8, 4) is 0 Å². The van der Waals surface area contributed by atoms with Gasteiger partial charge >= 0.3 is 0 Å². The molecule has 0 aromatic heterocycles. The lowest BCUT2D eigenvalue weighted by molar-refractivity contribution is 0.370. The van der Waals surface area contributed by atoms with Crippen molar-refractivity contribution < 1.29 is 8.42 Å². The monoisotopic (exact) mass is 267 g/mol. The lowest BCUT2D eigenvalue weighted by atomic mass is 10.4. The zero-order valence-corrected chi connectivity index (χ0v) is 11.9. The summed E-state index contributed by atoms with van der Waals surface area (Å²) in [5.41, 5.74) is 5.35. The molecule has 0 fully saturated rings. The molecule has 7 heteroatoms. The number of hydrogen-bond acceptors (Lipinski definition) is 4. The topological polar surface area (TPSA) is 66.6 Å². The molecule has 16 heavy (non-hydrogen) atoms. The van der Waals surface area contributed by atoms with E-state index in [2.05, 4.69) is 0 Å². The maximum atomic E-state index is 11.9. The second-order valence-corrected chi connectivity index (χ2v) is 6.90. The van der Waals surface area contributed by atoms with Crippen LogP contribution >= 0.6 is 12.2 Å². The molecule has 0 spiro atoms. The zero-order valence-electron chi connectivity index (χ0n) is 10.3. The van der Waals surface area contributed by atoms with Crippen LogP contribution in [-0.4, -0.2) is 62.1 Å². The molecule has 1 atom stereocenters. The van der Waals surface area contributed by atoms with E-state index in [9.17, 15) is 8.42 Å². The van der Waals surface area contributed by atoms with E-state index in [1.165, 1.54) is 11.2 Å². The molecule has 0 aliphatic heterocycles. The predicted octanol–water partition coefficient (Wildman–Crippen LogP) is -0.126. The van der Waals surface area contributed by atoms with E-state index < -0.39 is 15.3 Å². The number of nitrogens with two attached hydrogens (primary N) is 1. The van der Waals surface area contributed by atoms with Gasteiger partial charge in [0.1, 0.15) is 5.25 Å². The minimum absolute atomic E-state index is 0.0134. The summed E-state index contributed by atoms with van der Waals surface area (Å²) in [7, 11) is 2.07. The highest BCUT2D eigenvalue weighted by atomic mass is 32.2. The fourth-order valence-corrected chi connectivity index (χ4v) is 2.74. The fraction of sp³-hybridized carbons (Fsp3) is 0.889. The molecule has 0 heterocycles. The summed E-state index contributed by atoms with van der Waals surface area (Å²) in [6.45, 7) is 2.84. The van der Waals surface area contributed by atoms with Gasteiger partial charge in [0.2, 0.25) is 10.0 Å². The first kappa shape index (κ1) is 15.8. The van der Waals surface area contributed by atoms with Crippen molar-refractivity contribution in [3.63, 3.8) is 0 Å². The smallest absolute Gasteiger partial charge is 0.222 e. The summed E-state index contributed by atoms with van der Waals surface area (Å²) in [5.74, 6) is 0. The number of nitrogens with zero attached hydrogens (tertiary/aromatic N) is 2. The van der Waals surface area contributed by atoms with Gasteiger partial charge in [0, 0.05) is 13.6 Å². The van der Waals surface area contributed by atoms with Crippen LogP contribution in [0.1, 0.15) is 13.3 Å². The van der Waals surface area contributed by atoms with Gasteiger partial charge in [0.05, 0.1) is 4.99 Å². The van der Waals surface area contributed by atoms with Gasteiger partial charge in [0.15, 0.2) is 0 Å². The first-order valence-corrected chi connectivity index (χ1v) is 7.00. The molecule has 2 N–H and O–H groups in total.